The van der Waals surface area contributed by atoms with Gasteiger partial charge in [0.1, 0.15) is 12.3 Å². The Morgan fingerprint density at radius 2 is 1.59 bits per heavy atom. The molecule has 1 aromatic heterocycles. The van der Waals surface area contributed by atoms with Crippen molar-refractivity contribution in [1.29, 1.82) is 0 Å². The number of para-hydroxylation sites is 2. The molecule has 0 spiro atoms. The highest BCUT2D eigenvalue weighted by Gasteiger charge is 2.38. The van der Waals surface area contributed by atoms with Crippen molar-refractivity contribution in [3.8, 4) is 5.75 Å². The molecule has 7 nitrogen and oxygen atoms in total. The summed E-state index contributed by atoms with van der Waals surface area (Å²) in [5.41, 5.74) is 0.939. The SMILES string of the molecule is COc1ccc(C(=O)N2CCN(C(=O)Cn3c(C(F)(F)F)nc4ccccc43)CC2)cc1. The maximum atomic E-state index is 13.5. The van der Waals surface area contributed by atoms with Crippen LogP contribution in [0.1, 0.15) is 16.2 Å². The monoisotopic (exact) mass is 446 g/mol. The second kappa shape index (κ2) is 8.52. The first-order valence-corrected chi connectivity index (χ1v) is 10.0. The molecule has 32 heavy (non-hydrogen) atoms. The number of carbonyl (C=O) groups is 2. The molecule has 0 aliphatic carbocycles. The maximum Gasteiger partial charge on any atom is 0.449 e. The molecule has 1 aliphatic heterocycles. The van der Waals surface area contributed by atoms with Crippen molar-refractivity contribution in [2.45, 2.75) is 12.7 Å². The summed E-state index contributed by atoms with van der Waals surface area (Å²) < 4.78 is 46.4. The number of alkyl halides is 3. The van der Waals surface area contributed by atoms with Gasteiger partial charge in [-0.1, -0.05) is 12.1 Å². The van der Waals surface area contributed by atoms with Gasteiger partial charge in [0.25, 0.3) is 5.91 Å². The predicted molar refractivity (Wildman–Crippen MR) is 110 cm³/mol. The van der Waals surface area contributed by atoms with Crippen LogP contribution in [-0.4, -0.2) is 64.5 Å². The lowest BCUT2D eigenvalue weighted by atomic mass is 10.1. The second-order valence-corrected chi connectivity index (χ2v) is 7.41. The van der Waals surface area contributed by atoms with E-state index in [1.807, 2.05) is 0 Å². The van der Waals surface area contributed by atoms with Crippen LogP contribution in [0.15, 0.2) is 48.5 Å². The zero-order valence-electron chi connectivity index (χ0n) is 17.3. The van der Waals surface area contributed by atoms with E-state index < -0.39 is 24.5 Å². The van der Waals surface area contributed by atoms with E-state index in [1.54, 1.807) is 41.3 Å². The van der Waals surface area contributed by atoms with E-state index in [2.05, 4.69) is 4.98 Å². The Balaban J connectivity index is 1.44. The van der Waals surface area contributed by atoms with E-state index >= 15 is 0 Å². The Hall–Kier alpha value is -3.56. The first-order chi connectivity index (χ1) is 15.3. The molecule has 0 atom stereocenters. The number of methoxy groups -OCH3 is 1. The summed E-state index contributed by atoms with van der Waals surface area (Å²) in [5.74, 6) is -1.07. The fourth-order valence-corrected chi connectivity index (χ4v) is 3.76. The molecule has 168 valence electrons. The fourth-order valence-electron chi connectivity index (χ4n) is 3.76. The van der Waals surface area contributed by atoms with Crippen molar-refractivity contribution >= 4 is 22.8 Å². The molecule has 0 unspecified atom stereocenters. The molecule has 3 aromatic rings. The van der Waals surface area contributed by atoms with Crippen molar-refractivity contribution in [1.82, 2.24) is 19.4 Å². The van der Waals surface area contributed by atoms with E-state index in [0.717, 1.165) is 4.57 Å². The average Bonchev–Trinajstić information content (AvgIpc) is 3.18. The number of fused-ring (bicyclic) bond motifs is 1. The molecule has 1 saturated heterocycles. The summed E-state index contributed by atoms with van der Waals surface area (Å²) >= 11 is 0. The molecule has 2 amide bonds. The van der Waals surface area contributed by atoms with Crippen molar-refractivity contribution in [2.24, 2.45) is 0 Å². The van der Waals surface area contributed by atoms with Gasteiger partial charge in [-0.15, -0.1) is 0 Å². The third kappa shape index (κ3) is 4.25. The van der Waals surface area contributed by atoms with E-state index in [9.17, 15) is 22.8 Å². The van der Waals surface area contributed by atoms with Crippen LogP contribution in [0, 0.1) is 0 Å². The van der Waals surface area contributed by atoms with Gasteiger partial charge in [0.05, 0.1) is 18.1 Å². The number of hydrogen-bond acceptors (Lipinski definition) is 4. The predicted octanol–water partition coefficient (Wildman–Crippen LogP) is 3.05. The van der Waals surface area contributed by atoms with Crippen LogP contribution in [-0.2, 0) is 17.5 Å². The van der Waals surface area contributed by atoms with Gasteiger partial charge in [-0.2, -0.15) is 13.2 Å². The molecule has 2 heterocycles. The quantitative estimate of drug-likeness (QED) is 0.618. The highest BCUT2D eigenvalue weighted by molar-refractivity contribution is 5.94. The summed E-state index contributed by atoms with van der Waals surface area (Å²) in [7, 11) is 1.54. The van der Waals surface area contributed by atoms with Gasteiger partial charge in [-0.25, -0.2) is 4.98 Å². The molecular formula is C22H21F3N4O3. The number of carbonyl (C=O) groups excluding carboxylic acids is 2. The van der Waals surface area contributed by atoms with Gasteiger partial charge in [0.15, 0.2) is 0 Å². The topological polar surface area (TPSA) is 67.7 Å². The molecule has 0 bridgehead atoms. The Morgan fingerprint density at radius 1 is 0.969 bits per heavy atom. The smallest absolute Gasteiger partial charge is 0.449 e. The minimum absolute atomic E-state index is 0.167. The molecule has 1 aliphatic rings. The van der Waals surface area contributed by atoms with E-state index in [1.165, 1.54) is 24.1 Å². The molecule has 10 heteroatoms. The Morgan fingerprint density at radius 3 is 2.22 bits per heavy atom. The van der Waals surface area contributed by atoms with Crippen LogP contribution >= 0.6 is 0 Å². The number of amides is 2. The molecule has 0 N–H and O–H groups in total. The first-order valence-electron chi connectivity index (χ1n) is 10.0. The Bertz CT molecular complexity index is 1130. The molecule has 1 fully saturated rings. The van der Waals surface area contributed by atoms with Crippen LogP contribution in [0.25, 0.3) is 11.0 Å². The number of benzene rings is 2. The zero-order valence-corrected chi connectivity index (χ0v) is 17.3. The number of halogens is 3. The third-order valence-electron chi connectivity index (χ3n) is 5.46. The van der Waals surface area contributed by atoms with Gasteiger partial charge >= 0.3 is 6.18 Å². The average molecular weight is 446 g/mol. The lowest BCUT2D eigenvalue weighted by Crippen LogP contribution is -2.51. The molecule has 0 saturated carbocycles. The van der Waals surface area contributed by atoms with Crippen molar-refractivity contribution < 1.29 is 27.5 Å². The Kier molecular flexibility index (Phi) is 5.77. The summed E-state index contributed by atoms with van der Waals surface area (Å²) in [4.78, 5) is 32.2. The van der Waals surface area contributed by atoms with Crippen LogP contribution < -0.4 is 4.74 Å². The number of ether oxygens (including phenoxy) is 1. The van der Waals surface area contributed by atoms with Crippen molar-refractivity contribution in [3.63, 3.8) is 0 Å². The van der Waals surface area contributed by atoms with Crippen LogP contribution in [0.4, 0.5) is 13.2 Å². The highest BCUT2D eigenvalue weighted by atomic mass is 19.4. The summed E-state index contributed by atoms with van der Waals surface area (Å²) in [6, 6.07) is 12.9. The van der Waals surface area contributed by atoms with Gasteiger partial charge in [0.2, 0.25) is 11.7 Å². The van der Waals surface area contributed by atoms with Gasteiger partial charge in [-0.3, -0.25) is 9.59 Å². The minimum atomic E-state index is -4.68. The van der Waals surface area contributed by atoms with E-state index in [-0.39, 0.29) is 30.0 Å². The van der Waals surface area contributed by atoms with Crippen LogP contribution in [0.5, 0.6) is 5.75 Å². The van der Waals surface area contributed by atoms with Crippen LogP contribution in [0.3, 0.4) is 0 Å². The summed E-state index contributed by atoms with van der Waals surface area (Å²) in [6.07, 6.45) is -4.68. The lowest BCUT2D eigenvalue weighted by Gasteiger charge is -2.35. The Labute approximate surface area is 182 Å². The molecule has 4 rings (SSSR count). The summed E-state index contributed by atoms with van der Waals surface area (Å²) in [5, 5.41) is 0. The fraction of sp³-hybridized carbons (Fsp3) is 0.318. The number of piperazine rings is 1. The van der Waals surface area contributed by atoms with Crippen molar-refractivity contribution in [3.05, 3.63) is 59.9 Å². The molecule has 0 radical (unpaired) electrons. The number of nitrogens with zero attached hydrogens (tertiary/aromatic N) is 4. The minimum Gasteiger partial charge on any atom is -0.497 e. The maximum absolute atomic E-state index is 13.5. The van der Waals surface area contributed by atoms with E-state index in [0.29, 0.717) is 24.4 Å². The summed E-state index contributed by atoms with van der Waals surface area (Å²) in [6.45, 7) is 0.617. The van der Waals surface area contributed by atoms with Gasteiger partial charge in [-0.05, 0) is 36.4 Å². The number of imidazole rings is 1. The largest absolute Gasteiger partial charge is 0.497 e. The lowest BCUT2D eigenvalue weighted by molar-refractivity contribution is -0.148. The number of hydrogen-bond donors (Lipinski definition) is 0. The standard InChI is InChI=1S/C22H21F3N4O3/c1-32-16-8-6-15(7-9-16)20(31)28-12-10-27(11-13-28)19(30)14-29-18-5-3-2-4-17(18)26-21(29)22(23,24)25/h2-9H,10-14H2,1H3. The number of aromatic nitrogens is 2. The second-order valence-electron chi connectivity index (χ2n) is 7.41. The molecule has 2 aromatic carbocycles. The van der Waals surface area contributed by atoms with Crippen LogP contribution in [0.2, 0.25) is 0 Å². The molecular weight excluding hydrogens is 425 g/mol. The van der Waals surface area contributed by atoms with E-state index in [4.69, 9.17) is 4.74 Å². The van der Waals surface area contributed by atoms with Gasteiger partial charge < -0.3 is 19.1 Å². The zero-order chi connectivity index (χ0) is 22.9. The van der Waals surface area contributed by atoms with Crippen molar-refractivity contribution in [2.75, 3.05) is 33.3 Å². The first kappa shape index (κ1) is 21.7. The van der Waals surface area contributed by atoms with Gasteiger partial charge in [0, 0.05) is 31.7 Å². The highest BCUT2D eigenvalue weighted by Crippen LogP contribution is 2.31. The third-order valence-corrected chi connectivity index (χ3v) is 5.46. The number of rotatable bonds is 4. The normalized spacial score (nSPS) is 14.6.